The van der Waals surface area contributed by atoms with Gasteiger partial charge in [0.2, 0.25) is 5.78 Å². The summed E-state index contributed by atoms with van der Waals surface area (Å²) in [6, 6.07) is 8.35. The van der Waals surface area contributed by atoms with Crippen LogP contribution in [0.4, 0.5) is 4.79 Å². The van der Waals surface area contributed by atoms with Gasteiger partial charge in [-0.3, -0.25) is 9.78 Å². The highest BCUT2D eigenvalue weighted by Crippen LogP contribution is 2.35. The highest BCUT2D eigenvalue weighted by Gasteiger charge is 2.28. The van der Waals surface area contributed by atoms with E-state index in [0.29, 0.717) is 43.4 Å². The zero-order valence-electron chi connectivity index (χ0n) is 13.9. The number of ketones is 1. The zero-order chi connectivity index (χ0) is 17.9. The van der Waals surface area contributed by atoms with Crippen molar-refractivity contribution >= 4 is 18.0 Å². The number of hydrogen-bond donors (Lipinski definition) is 0. The van der Waals surface area contributed by atoms with Crippen LogP contribution in [0.15, 0.2) is 48.5 Å². The first-order chi connectivity index (χ1) is 12.7. The molecule has 1 aromatic carbocycles. The van der Waals surface area contributed by atoms with Gasteiger partial charge in [-0.05, 0) is 29.8 Å². The van der Waals surface area contributed by atoms with Crippen LogP contribution in [-0.2, 0) is 4.74 Å². The number of carbonyl (C=O) groups is 2. The van der Waals surface area contributed by atoms with Crippen molar-refractivity contribution in [3.63, 3.8) is 0 Å². The van der Waals surface area contributed by atoms with E-state index in [-0.39, 0.29) is 11.5 Å². The number of benzene rings is 1. The molecule has 2 aromatic rings. The fourth-order valence-electron chi connectivity index (χ4n) is 2.75. The smallest absolute Gasteiger partial charge is 0.415 e. The molecule has 1 amide bonds. The molecule has 0 radical (unpaired) electrons. The first-order valence-corrected chi connectivity index (χ1v) is 8.23. The maximum atomic E-state index is 12.4. The van der Waals surface area contributed by atoms with Crippen molar-refractivity contribution in [3.05, 3.63) is 59.6 Å². The lowest BCUT2D eigenvalue weighted by molar-refractivity contribution is 0.0416. The highest BCUT2D eigenvalue weighted by molar-refractivity contribution is 6.14. The standard InChI is InChI=1S/C19H16N2O5/c22-18-15-4-3-14(25-19(23)21-6-8-24-9-7-21)11-16(15)26-17(18)10-13-2-1-5-20-12-13/h1-5,10-12H,6-9H2. The summed E-state index contributed by atoms with van der Waals surface area (Å²) in [5.41, 5.74) is 1.20. The Kier molecular flexibility index (Phi) is 4.37. The summed E-state index contributed by atoms with van der Waals surface area (Å²) >= 11 is 0. The van der Waals surface area contributed by atoms with Gasteiger partial charge in [-0.2, -0.15) is 0 Å². The van der Waals surface area contributed by atoms with E-state index in [1.807, 2.05) is 6.07 Å². The fraction of sp³-hybridized carbons (Fsp3) is 0.211. The van der Waals surface area contributed by atoms with Crippen LogP contribution < -0.4 is 9.47 Å². The molecule has 1 fully saturated rings. The average molecular weight is 352 g/mol. The summed E-state index contributed by atoms with van der Waals surface area (Å²) in [5.74, 6) is 0.702. The van der Waals surface area contributed by atoms with Crippen molar-refractivity contribution in [2.75, 3.05) is 26.3 Å². The zero-order valence-corrected chi connectivity index (χ0v) is 13.9. The molecule has 3 heterocycles. The third-order valence-electron chi connectivity index (χ3n) is 4.10. The minimum atomic E-state index is -0.441. The molecule has 2 aliphatic heterocycles. The predicted molar refractivity (Wildman–Crippen MR) is 92.0 cm³/mol. The van der Waals surface area contributed by atoms with Crippen molar-refractivity contribution in [2.24, 2.45) is 0 Å². The monoisotopic (exact) mass is 352 g/mol. The third-order valence-corrected chi connectivity index (χ3v) is 4.10. The second-order valence-electron chi connectivity index (χ2n) is 5.85. The summed E-state index contributed by atoms with van der Waals surface area (Å²) < 4.78 is 16.2. The largest absolute Gasteiger partial charge is 0.452 e. The van der Waals surface area contributed by atoms with E-state index in [9.17, 15) is 9.59 Å². The SMILES string of the molecule is O=C1C(=Cc2cccnc2)Oc2cc(OC(=O)N3CCOCC3)ccc21. The van der Waals surface area contributed by atoms with E-state index in [0.717, 1.165) is 5.56 Å². The lowest BCUT2D eigenvalue weighted by atomic mass is 10.1. The Morgan fingerprint density at radius 2 is 2.08 bits per heavy atom. The van der Waals surface area contributed by atoms with E-state index in [4.69, 9.17) is 14.2 Å². The maximum absolute atomic E-state index is 12.4. The summed E-state index contributed by atoms with van der Waals surface area (Å²) in [6.07, 6.45) is 4.49. The molecule has 0 atom stereocenters. The molecule has 0 spiro atoms. The Morgan fingerprint density at radius 1 is 1.23 bits per heavy atom. The minimum Gasteiger partial charge on any atom is -0.452 e. The number of ether oxygens (including phenoxy) is 3. The number of pyridine rings is 1. The Bertz CT molecular complexity index is 873. The second-order valence-corrected chi connectivity index (χ2v) is 5.85. The Hall–Kier alpha value is -3.19. The van der Waals surface area contributed by atoms with Gasteiger partial charge in [0.05, 0.1) is 18.8 Å². The van der Waals surface area contributed by atoms with E-state index in [2.05, 4.69) is 4.98 Å². The number of allylic oxidation sites excluding steroid dienone is 1. The number of carbonyl (C=O) groups excluding carboxylic acids is 2. The number of rotatable bonds is 2. The quantitative estimate of drug-likeness (QED) is 0.773. The Morgan fingerprint density at radius 3 is 2.85 bits per heavy atom. The molecule has 132 valence electrons. The van der Waals surface area contributed by atoms with E-state index < -0.39 is 6.09 Å². The number of amides is 1. The van der Waals surface area contributed by atoms with Crippen LogP contribution in [0.1, 0.15) is 15.9 Å². The number of nitrogens with zero attached hydrogens (tertiary/aromatic N) is 2. The molecular weight excluding hydrogens is 336 g/mol. The van der Waals surface area contributed by atoms with Gasteiger partial charge in [0, 0.05) is 31.5 Å². The van der Waals surface area contributed by atoms with Crippen LogP contribution in [0, 0.1) is 0 Å². The molecule has 4 rings (SSSR count). The maximum Gasteiger partial charge on any atom is 0.415 e. The normalized spacial score (nSPS) is 17.8. The third kappa shape index (κ3) is 3.29. The Labute approximate surface area is 149 Å². The highest BCUT2D eigenvalue weighted by atomic mass is 16.6. The predicted octanol–water partition coefficient (Wildman–Crippen LogP) is 2.53. The van der Waals surface area contributed by atoms with Crippen molar-refractivity contribution in [2.45, 2.75) is 0 Å². The van der Waals surface area contributed by atoms with Gasteiger partial charge >= 0.3 is 6.09 Å². The average Bonchev–Trinajstić information content (AvgIpc) is 2.98. The minimum absolute atomic E-state index is 0.213. The van der Waals surface area contributed by atoms with Crippen molar-refractivity contribution < 1.29 is 23.8 Å². The Balaban J connectivity index is 1.50. The van der Waals surface area contributed by atoms with Gasteiger partial charge in [0.15, 0.2) is 5.76 Å². The first-order valence-electron chi connectivity index (χ1n) is 8.23. The van der Waals surface area contributed by atoms with E-state index >= 15 is 0 Å². The number of fused-ring (bicyclic) bond motifs is 1. The fourth-order valence-corrected chi connectivity index (χ4v) is 2.75. The van der Waals surface area contributed by atoms with Gasteiger partial charge in [-0.25, -0.2) is 4.79 Å². The lowest BCUT2D eigenvalue weighted by Gasteiger charge is -2.25. The van der Waals surface area contributed by atoms with Gasteiger partial charge < -0.3 is 19.1 Å². The molecule has 0 bridgehead atoms. The van der Waals surface area contributed by atoms with Crippen LogP contribution in [0.5, 0.6) is 11.5 Å². The van der Waals surface area contributed by atoms with Crippen LogP contribution >= 0.6 is 0 Å². The molecule has 7 nitrogen and oxygen atoms in total. The van der Waals surface area contributed by atoms with E-state index in [1.165, 1.54) is 0 Å². The van der Waals surface area contributed by atoms with Crippen molar-refractivity contribution in [3.8, 4) is 11.5 Å². The topological polar surface area (TPSA) is 78.0 Å². The number of hydrogen-bond acceptors (Lipinski definition) is 6. The number of Topliss-reactive ketones (excluding diaryl/α,β-unsaturated/α-hetero) is 1. The molecule has 7 heteroatoms. The van der Waals surface area contributed by atoms with Crippen LogP contribution in [0.2, 0.25) is 0 Å². The number of morpholine rings is 1. The van der Waals surface area contributed by atoms with Crippen LogP contribution in [0.25, 0.3) is 6.08 Å². The molecule has 26 heavy (non-hydrogen) atoms. The van der Waals surface area contributed by atoms with Crippen LogP contribution in [-0.4, -0.2) is 48.1 Å². The molecule has 1 saturated heterocycles. The molecule has 0 N–H and O–H groups in total. The number of aromatic nitrogens is 1. The summed E-state index contributed by atoms with van der Waals surface area (Å²) in [4.78, 5) is 30.2. The first kappa shape index (κ1) is 16.3. The summed E-state index contributed by atoms with van der Waals surface area (Å²) in [6.45, 7) is 1.99. The van der Waals surface area contributed by atoms with Gasteiger partial charge in [-0.15, -0.1) is 0 Å². The molecule has 0 aliphatic carbocycles. The molecule has 0 unspecified atom stereocenters. The van der Waals surface area contributed by atoms with Gasteiger partial charge in [0.1, 0.15) is 11.5 Å². The van der Waals surface area contributed by atoms with Crippen molar-refractivity contribution in [1.29, 1.82) is 0 Å². The second kappa shape index (κ2) is 6.97. The molecule has 0 saturated carbocycles. The molecular formula is C19H16N2O5. The molecule has 1 aromatic heterocycles. The summed E-state index contributed by atoms with van der Waals surface area (Å²) in [7, 11) is 0. The van der Waals surface area contributed by atoms with Gasteiger partial charge in [0.25, 0.3) is 0 Å². The molecule has 2 aliphatic rings. The van der Waals surface area contributed by atoms with Crippen molar-refractivity contribution in [1.82, 2.24) is 9.88 Å². The lowest BCUT2D eigenvalue weighted by Crippen LogP contribution is -2.42. The van der Waals surface area contributed by atoms with Gasteiger partial charge in [-0.1, -0.05) is 6.07 Å². The summed E-state index contributed by atoms with van der Waals surface area (Å²) in [5, 5.41) is 0. The van der Waals surface area contributed by atoms with Crippen LogP contribution in [0.3, 0.4) is 0 Å². The van der Waals surface area contributed by atoms with E-state index in [1.54, 1.807) is 47.6 Å².